The van der Waals surface area contributed by atoms with E-state index in [-0.39, 0.29) is 0 Å². The van der Waals surface area contributed by atoms with Crippen LogP contribution >= 0.6 is 11.6 Å². The summed E-state index contributed by atoms with van der Waals surface area (Å²) in [6.07, 6.45) is 1.24. The van der Waals surface area contributed by atoms with E-state index in [0.29, 0.717) is 12.1 Å². The molecule has 3 heteroatoms. The zero-order valence-corrected chi connectivity index (χ0v) is 11.7. The van der Waals surface area contributed by atoms with Crippen molar-refractivity contribution in [2.45, 2.75) is 46.2 Å². The molecular weight excluding hydrogens is 220 g/mol. The molecule has 0 aromatic rings. The van der Waals surface area contributed by atoms with Crippen molar-refractivity contribution in [1.82, 2.24) is 10.2 Å². The largest absolute Gasteiger partial charge is 0.311 e. The molecule has 1 aliphatic rings. The summed E-state index contributed by atoms with van der Waals surface area (Å²) >= 11 is 5.76. The molecule has 1 aliphatic heterocycles. The molecule has 1 saturated heterocycles. The van der Waals surface area contributed by atoms with E-state index >= 15 is 0 Å². The number of halogens is 1. The highest BCUT2D eigenvalue weighted by atomic mass is 35.5. The van der Waals surface area contributed by atoms with Crippen LogP contribution in [0.2, 0.25) is 0 Å². The highest BCUT2D eigenvalue weighted by molar-refractivity contribution is 6.25. The van der Waals surface area contributed by atoms with Gasteiger partial charge in [-0.1, -0.05) is 31.9 Å². The summed E-state index contributed by atoms with van der Waals surface area (Å²) in [4.78, 5) is 2.57. The summed E-state index contributed by atoms with van der Waals surface area (Å²) in [5, 5.41) is 3.57. The minimum absolute atomic E-state index is 0.587. The van der Waals surface area contributed by atoms with Gasteiger partial charge in [0, 0.05) is 37.3 Å². The van der Waals surface area contributed by atoms with Gasteiger partial charge in [-0.2, -0.15) is 0 Å². The molecule has 1 N–H and O–H groups in total. The molecule has 0 aliphatic carbocycles. The van der Waals surface area contributed by atoms with Crippen LogP contribution in [0, 0.1) is 5.92 Å². The van der Waals surface area contributed by atoms with E-state index in [4.69, 9.17) is 11.6 Å². The lowest BCUT2D eigenvalue weighted by molar-refractivity contribution is 0.106. The van der Waals surface area contributed by atoms with Gasteiger partial charge in [0.05, 0.1) is 0 Å². The van der Waals surface area contributed by atoms with Crippen molar-refractivity contribution in [1.29, 1.82) is 0 Å². The highest BCUT2D eigenvalue weighted by Gasteiger charge is 2.28. The van der Waals surface area contributed by atoms with E-state index in [1.54, 1.807) is 5.54 Å². The summed E-state index contributed by atoms with van der Waals surface area (Å²) in [5.41, 5.74) is 2.96. The second-order valence-electron chi connectivity index (χ2n) is 5.15. The zero-order chi connectivity index (χ0) is 12.1. The highest BCUT2D eigenvalue weighted by Crippen LogP contribution is 2.19. The lowest BCUT2D eigenvalue weighted by Gasteiger charge is -2.42. The topological polar surface area (TPSA) is 15.3 Å². The Bertz CT molecular complexity index is 240. The summed E-state index contributed by atoms with van der Waals surface area (Å²) in [7, 11) is 0. The second kappa shape index (κ2) is 6.63. The maximum Gasteiger partial charge on any atom is 0.0250 e. The summed E-state index contributed by atoms with van der Waals surface area (Å²) < 4.78 is 0. The van der Waals surface area contributed by atoms with E-state index in [9.17, 15) is 0 Å². The molecule has 0 spiro atoms. The first-order valence-corrected chi connectivity index (χ1v) is 6.75. The number of rotatable bonds is 4. The van der Waals surface area contributed by atoms with E-state index in [1.807, 2.05) is 0 Å². The van der Waals surface area contributed by atoms with Crippen LogP contribution in [-0.4, -0.2) is 36.6 Å². The minimum Gasteiger partial charge on any atom is -0.311 e. The van der Waals surface area contributed by atoms with Gasteiger partial charge in [-0.05, 0) is 25.3 Å². The van der Waals surface area contributed by atoms with Crippen LogP contribution in [0.4, 0.5) is 0 Å². The first-order valence-electron chi connectivity index (χ1n) is 6.31. The normalized spacial score (nSPS) is 30.4. The zero-order valence-electron chi connectivity index (χ0n) is 11.0. The van der Waals surface area contributed by atoms with Crippen LogP contribution in [0.3, 0.4) is 0 Å². The van der Waals surface area contributed by atoms with Crippen molar-refractivity contribution in [3.63, 3.8) is 0 Å². The molecule has 1 fully saturated rings. The number of nitrogens with one attached hydrogen (secondary N) is 1. The molecule has 94 valence electrons. The second-order valence-corrected chi connectivity index (χ2v) is 5.37. The molecule has 0 amide bonds. The fraction of sp³-hybridized carbons (Fsp3) is 0.846. The molecule has 1 rings (SSSR count). The van der Waals surface area contributed by atoms with Crippen molar-refractivity contribution in [2.24, 2.45) is 5.92 Å². The van der Waals surface area contributed by atoms with Crippen molar-refractivity contribution in [2.75, 3.05) is 19.6 Å². The average Bonchev–Trinajstić information content (AvgIpc) is 2.28. The van der Waals surface area contributed by atoms with E-state index < -0.39 is 0 Å². The first-order chi connectivity index (χ1) is 7.58. The quantitative estimate of drug-likeness (QED) is 0.818. The Morgan fingerprint density at radius 2 is 2.31 bits per heavy atom. The van der Waals surface area contributed by atoms with Crippen molar-refractivity contribution in [3.05, 3.63) is 11.1 Å². The molecule has 0 bridgehead atoms. The third-order valence-electron chi connectivity index (χ3n) is 3.59. The van der Waals surface area contributed by atoms with Gasteiger partial charge in [-0.3, -0.25) is 4.90 Å². The first kappa shape index (κ1) is 14.0. The maximum atomic E-state index is 5.76. The van der Waals surface area contributed by atoms with Gasteiger partial charge < -0.3 is 5.32 Å². The smallest absolute Gasteiger partial charge is 0.0250 e. The van der Waals surface area contributed by atoms with Crippen LogP contribution in [0.1, 0.15) is 34.1 Å². The number of hydrogen-bond acceptors (Lipinski definition) is 2. The SMILES string of the molecule is CCC(C)C1CNC(C)CN1CC(C)=CCl. The average molecular weight is 245 g/mol. The van der Waals surface area contributed by atoms with Gasteiger partial charge in [-0.15, -0.1) is 0 Å². The third-order valence-corrected chi connectivity index (χ3v) is 3.96. The lowest BCUT2D eigenvalue weighted by atomic mass is 9.94. The van der Waals surface area contributed by atoms with Crippen LogP contribution in [0.5, 0.6) is 0 Å². The Morgan fingerprint density at radius 1 is 1.62 bits per heavy atom. The predicted octanol–water partition coefficient (Wildman–Crippen LogP) is 2.84. The van der Waals surface area contributed by atoms with E-state index in [2.05, 4.69) is 37.9 Å². The Labute approximate surface area is 105 Å². The molecule has 16 heavy (non-hydrogen) atoms. The molecule has 0 aromatic heterocycles. The fourth-order valence-corrected chi connectivity index (χ4v) is 2.44. The number of nitrogens with zero attached hydrogens (tertiary/aromatic N) is 1. The molecule has 1 heterocycles. The molecular formula is C13H25ClN2. The third kappa shape index (κ3) is 3.76. The van der Waals surface area contributed by atoms with E-state index in [1.165, 1.54) is 12.0 Å². The Hall–Kier alpha value is -0.0500. The van der Waals surface area contributed by atoms with Gasteiger partial charge in [0.2, 0.25) is 0 Å². The van der Waals surface area contributed by atoms with Gasteiger partial charge in [0.25, 0.3) is 0 Å². The molecule has 0 radical (unpaired) electrons. The Kier molecular flexibility index (Phi) is 5.81. The number of piperazine rings is 1. The van der Waals surface area contributed by atoms with E-state index in [0.717, 1.165) is 25.6 Å². The predicted molar refractivity (Wildman–Crippen MR) is 71.9 cm³/mol. The molecule has 3 unspecified atom stereocenters. The van der Waals surface area contributed by atoms with Crippen LogP contribution < -0.4 is 5.32 Å². The van der Waals surface area contributed by atoms with Crippen LogP contribution in [0.15, 0.2) is 11.1 Å². The van der Waals surface area contributed by atoms with Crippen LogP contribution in [0.25, 0.3) is 0 Å². The Balaban J connectivity index is 2.65. The molecule has 0 saturated carbocycles. The van der Waals surface area contributed by atoms with Crippen molar-refractivity contribution in [3.8, 4) is 0 Å². The fourth-order valence-electron chi connectivity index (χ4n) is 2.37. The van der Waals surface area contributed by atoms with Gasteiger partial charge in [-0.25, -0.2) is 0 Å². The van der Waals surface area contributed by atoms with Crippen molar-refractivity contribution >= 4 is 11.6 Å². The van der Waals surface area contributed by atoms with Gasteiger partial charge in [0.15, 0.2) is 0 Å². The summed E-state index contributed by atoms with van der Waals surface area (Å²) in [5.74, 6) is 0.739. The monoisotopic (exact) mass is 244 g/mol. The van der Waals surface area contributed by atoms with Crippen LogP contribution in [-0.2, 0) is 0 Å². The Morgan fingerprint density at radius 3 is 2.88 bits per heavy atom. The van der Waals surface area contributed by atoms with Gasteiger partial charge in [0.1, 0.15) is 0 Å². The van der Waals surface area contributed by atoms with Crippen molar-refractivity contribution < 1.29 is 0 Å². The molecule has 3 atom stereocenters. The minimum atomic E-state index is 0.587. The maximum absolute atomic E-state index is 5.76. The summed E-state index contributed by atoms with van der Waals surface area (Å²) in [6.45, 7) is 12.2. The summed E-state index contributed by atoms with van der Waals surface area (Å²) in [6, 6.07) is 1.23. The van der Waals surface area contributed by atoms with Gasteiger partial charge >= 0.3 is 0 Å². The standard InChI is InChI=1S/C13H25ClN2/c1-5-11(3)13-7-15-12(4)9-16(13)8-10(2)6-14/h6,11-13,15H,5,7-9H2,1-4H3. The molecule has 0 aromatic carbocycles. The lowest BCUT2D eigenvalue weighted by Crippen LogP contribution is -2.57. The number of hydrogen-bond donors (Lipinski definition) is 1. The molecule has 2 nitrogen and oxygen atoms in total.